The van der Waals surface area contributed by atoms with Crippen LogP contribution in [0.3, 0.4) is 0 Å². The van der Waals surface area contributed by atoms with Crippen LogP contribution in [-0.2, 0) is 4.79 Å². The lowest BCUT2D eigenvalue weighted by atomic mass is 10.2. The van der Waals surface area contributed by atoms with Gasteiger partial charge in [-0.2, -0.15) is 0 Å². The second-order valence-electron chi connectivity index (χ2n) is 5.65. The van der Waals surface area contributed by atoms with Gasteiger partial charge in [-0.3, -0.25) is 9.78 Å². The van der Waals surface area contributed by atoms with E-state index in [0.29, 0.717) is 18.4 Å². The van der Waals surface area contributed by atoms with E-state index in [2.05, 4.69) is 34.9 Å². The summed E-state index contributed by atoms with van der Waals surface area (Å²) in [6.45, 7) is 10.7. The Balaban J connectivity index is 1.64. The molecule has 1 amide bonds. The monoisotopic (exact) mass is 317 g/mol. The first kappa shape index (κ1) is 15.8. The van der Waals surface area contributed by atoms with Crippen molar-refractivity contribution in [1.82, 2.24) is 9.88 Å². The van der Waals surface area contributed by atoms with Gasteiger partial charge < -0.3 is 9.80 Å². The van der Waals surface area contributed by atoms with Crippen molar-refractivity contribution in [3.05, 3.63) is 58.7 Å². The lowest BCUT2D eigenvalue weighted by molar-refractivity contribution is -0.125. The van der Waals surface area contributed by atoms with Crippen LogP contribution >= 0.6 is 0 Å². The summed E-state index contributed by atoms with van der Waals surface area (Å²) >= 11 is 0. The van der Waals surface area contributed by atoms with E-state index in [1.54, 1.807) is 11.1 Å². The van der Waals surface area contributed by atoms with Gasteiger partial charge in [-0.15, -0.1) is 0 Å². The van der Waals surface area contributed by atoms with Crippen LogP contribution in [0.1, 0.15) is 5.56 Å². The molecule has 2 heterocycles. The molecule has 0 aliphatic carbocycles. The van der Waals surface area contributed by atoms with Crippen LogP contribution in [0.2, 0.25) is 0 Å². The van der Waals surface area contributed by atoms with Gasteiger partial charge in [0, 0.05) is 54.8 Å². The first-order valence-corrected chi connectivity index (χ1v) is 7.89. The molecule has 2 aromatic rings. The van der Waals surface area contributed by atoms with Gasteiger partial charge in [0.15, 0.2) is 0 Å². The van der Waals surface area contributed by atoms with E-state index in [0.717, 1.165) is 29.6 Å². The number of rotatable bonds is 1. The molecule has 4 heteroatoms. The van der Waals surface area contributed by atoms with Crippen LogP contribution in [0.15, 0.2) is 42.6 Å². The van der Waals surface area contributed by atoms with Crippen molar-refractivity contribution >= 4 is 24.8 Å². The number of carbonyl (C=O) groups is 1. The van der Waals surface area contributed by atoms with E-state index in [-0.39, 0.29) is 5.91 Å². The predicted molar refractivity (Wildman–Crippen MR) is 96.6 cm³/mol. The van der Waals surface area contributed by atoms with Gasteiger partial charge in [0.25, 0.3) is 5.91 Å². The van der Waals surface area contributed by atoms with Crippen LogP contribution in [0, 0.1) is 11.8 Å². The van der Waals surface area contributed by atoms with E-state index in [1.165, 1.54) is 0 Å². The summed E-state index contributed by atoms with van der Waals surface area (Å²) in [4.78, 5) is 20.4. The van der Waals surface area contributed by atoms with E-state index in [1.807, 2.05) is 36.4 Å². The number of hydrogen-bond acceptors (Lipinski definition) is 3. The number of aromatic nitrogens is 1. The maximum absolute atomic E-state index is 12.2. The third kappa shape index (κ3) is 3.47. The highest BCUT2D eigenvalue weighted by molar-refractivity contribution is 5.94. The minimum Gasteiger partial charge on any atom is -0.367 e. The molecule has 24 heavy (non-hydrogen) atoms. The molecule has 1 fully saturated rings. The summed E-state index contributed by atoms with van der Waals surface area (Å²) in [6.07, 6.45) is 1.75. The quantitative estimate of drug-likeness (QED) is 0.723. The third-order valence-electron chi connectivity index (χ3n) is 4.12. The highest BCUT2D eigenvalue weighted by atomic mass is 16.2. The number of hydrogen-bond donors (Lipinski definition) is 0. The molecule has 4 nitrogen and oxygen atoms in total. The fourth-order valence-electron chi connectivity index (χ4n) is 2.70. The highest BCUT2D eigenvalue weighted by Gasteiger charge is 2.20. The zero-order valence-corrected chi connectivity index (χ0v) is 13.5. The molecule has 1 saturated heterocycles. The van der Waals surface area contributed by atoms with Gasteiger partial charge in [0.05, 0.1) is 5.35 Å². The van der Waals surface area contributed by atoms with Crippen LogP contribution in [0.4, 0.5) is 5.69 Å². The Labute approximate surface area is 141 Å². The number of nitrogens with zero attached hydrogens (tertiary/aromatic N) is 3. The Hall–Kier alpha value is -3.06. The van der Waals surface area contributed by atoms with Gasteiger partial charge in [-0.1, -0.05) is 37.3 Å². The lowest BCUT2D eigenvalue weighted by Crippen LogP contribution is -2.50. The van der Waals surface area contributed by atoms with Crippen LogP contribution < -0.4 is 15.5 Å². The normalized spacial score (nSPS) is 14.0. The molecule has 0 N–H and O–H groups in total. The largest absolute Gasteiger partial charge is 0.367 e. The summed E-state index contributed by atoms with van der Waals surface area (Å²) in [5, 5.41) is 1.54. The smallest absolute Gasteiger partial charge is 0.298 e. The van der Waals surface area contributed by atoms with E-state index in [4.69, 9.17) is 0 Å². The van der Waals surface area contributed by atoms with Crippen LogP contribution in [0.5, 0.6) is 0 Å². The molecule has 1 aromatic heterocycles. The summed E-state index contributed by atoms with van der Waals surface area (Å²) in [7, 11) is 0. The standard InChI is InChI=1S/C20H19N3O/c1-16-17(2)21-11-10-19(16)22-12-14-23(15-13-22)20(24)9-8-18-6-4-3-5-7-18/h3-7,10-11H,1-2,12-15H2. The Morgan fingerprint density at radius 1 is 1.04 bits per heavy atom. The number of piperazine rings is 1. The van der Waals surface area contributed by atoms with Crippen molar-refractivity contribution in [2.75, 3.05) is 31.1 Å². The van der Waals surface area contributed by atoms with E-state index >= 15 is 0 Å². The molecule has 0 unspecified atom stereocenters. The second-order valence-corrected chi connectivity index (χ2v) is 5.65. The maximum atomic E-state index is 12.2. The van der Waals surface area contributed by atoms with Crippen molar-refractivity contribution in [2.24, 2.45) is 0 Å². The van der Waals surface area contributed by atoms with Gasteiger partial charge in [0.1, 0.15) is 0 Å². The zero-order valence-electron chi connectivity index (χ0n) is 13.5. The Bertz CT molecular complexity index is 888. The fraction of sp³-hybridized carbons (Fsp3) is 0.200. The Morgan fingerprint density at radius 2 is 1.75 bits per heavy atom. The average molecular weight is 317 g/mol. The van der Waals surface area contributed by atoms with Gasteiger partial charge in [0.2, 0.25) is 0 Å². The number of pyridine rings is 1. The second kappa shape index (κ2) is 7.01. The van der Waals surface area contributed by atoms with Crippen molar-refractivity contribution in [1.29, 1.82) is 0 Å². The zero-order chi connectivity index (χ0) is 16.9. The topological polar surface area (TPSA) is 36.4 Å². The van der Waals surface area contributed by atoms with Crippen molar-refractivity contribution in [3.8, 4) is 11.8 Å². The molecule has 0 bridgehead atoms. The van der Waals surface area contributed by atoms with E-state index < -0.39 is 0 Å². The number of carbonyl (C=O) groups excluding carboxylic acids is 1. The fourth-order valence-corrected chi connectivity index (χ4v) is 2.70. The molecule has 1 aliphatic heterocycles. The number of amides is 1. The van der Waals surface area contributed by atoms with Gasteiger partial charge in [-0.25, -0.2) is 0 Å². The van der Waals surface area contributed by atoms with Crippen molar-refractivity contribution < 1.29 is 4.79 Å². The summed E-state index contributed by atoms with van der Waals surface area (Å²) in [6, 6.07) is 11.5. The Kier molecular flexibility index (Phi) is 4.62. The number of benzene rings is 1. The lowest BCUT2D eigenvalue weighted by Gasteiger charge is -2.35. The maximum Gasteiger partial charge on any atom is 0.298 e. The molecule has 0 spiro atoms. The molecule has 0 saturated carbocycles. The van der Waals surface area contributed by atoms with E-state index in [9.17, 15) is 4.79 Å². The third-order valence-corrected chi connectivity index (χ3v) is 4.12. The SMILES string of the molecule is C=c1nccc(N2CCN(C(=O)C#Cc3ccccc3)CC2)c1=C. The van der Waals surface area contributed by atoms with Crippen molar-refractivity contribution in [2.45, 2.75) is 0 Å². The molecule has 1 aliphatic rings. The molecule has 0 atom stereocenters. The van der Waals surface area contributed by atoms with Crippen molar-refractivity contribution in [3.63, 3.8) is 0 Å². The predicted octanol–water partition coefficient (Wildman–Crippen LogP) is 0.602. The molecule has 3 rings (SSSR count). The first-order chi connectivity index (χ1) is 11.6. The average Bonchev–Trinajstić information content (AvgIpc) is 2.63. The number of anilines is 1. The summed E-state index contributed by atoms with van der Waals surface area (Å²) in [5.41, 5.74) is 1.89. The Morgan fingerprint density at radius 3 is 2.46 bits per heavy atom. The minimum atomic E-state index is -0.124. The summed E-state index contributed by atoms with van der Waals surface area (Å²) in [5.74, 6) is 5.53. The van der Waals surface area contributed by atoms with Crippen LogP contribution in [-0.4, -0.2) is 42.0 Å². The summed E-state index contributed by atoms with van der Waals surface area (Å²) < 4.78 is 0. The van der Waals surface area contributed by atoms with Gasteiger partial charge in [-0.05, 0) is 18.2 Å². The van der Waals surface area contributed by atoms with Gasteiger partial charge >= 0.3 is 0 Å². The first-order valence-electron chi connectivity index (χ1n) is 7.89. The van der Waals surface area contributed by atoms with Crippen LogP contribution in [0.25, 0.3) is 13.2 Å². The molecule has 0 radical (unpaired) electrons. The molecular formula is C20H19N3O. The highest BCUT2D eigenvalue weighted by Crippen LogP contribution is 2.10. The molecular weight excluding hydrogens is 298 g/mol. The molecule has 120 valence electrons. The molecule has 1 aromatic carbocycles. The minimum absolute atomic E-state index is 0.124.